The Morgan fingerprint density at radius 3 is 0.680 bits per heavy atom. The highest BCUT2D eigenvalue weighted by Crippen LogP contribution is 2.45. The standard InChI is InChI=1S/C81H158O17P2/c1-7-9-11-13-15-17-19-21-23-25-27-29-31-33-35-39-47-53-59-65-80(85)97-76(69-91-78(83)63-57-51-45-38-34-32-30-28-26-24-22-20-18-16-14-12-10-8-2)71-95-99(87,88)93-67-75(82)68-94-100(89,90)96-72-77(70-92-79(84)64-58-52-46-42-41-44-50-56-62-74(5)6)98-81(86)66-60-54-48-40-36-37-43-49-55-61-73(3)4/h73-77,82H,7-72H2,1-6H3,(H,87,88)(H,89,90)/t75-,76-,77-/m1/s1. The number of carbonyl (C=O) groups is 4. The molecule has 0 aromatic heterocycles. The molecule has 0 aliphatic carbocycles. The predicted molar refractivity (Wildman–Crippen MR) is 409 cm³/mol. The van der Waals surface area contributed by atoms with E-state index in [4.69, 9.17) is 37.0 Å². The van der Waals surface area contributed by atoms with E-state index in [9.17, 15) is 43.2 Å². The first-order valence-corrected chi connectivity index (χ1v) is 45.0. The second-order valence-electron chi connectivity index (χ2n) is 30.1. The van der Waals surface area contributed by atoms with Crippen LogP contribution in [0, 0.1) is 11.8 Å². The van der Waals surface area contributed by atoms with Crippen LogP contribution in [0.3, 0.4) is 0 Å². The molecular weight excluding hydrogens is 1310 g/mol. The van der Waals surface area contributed by atoms with Gasteiger partial charge in [-0.1, -0.05) is 375 Å². The van der Waals surface area contributed by atoms with Crippen LogP contribution in [0.4, 0.5) is 0 Å². The molecule has 5 atom stereocenters. The topological polar surface area (TPSA) is 237 Å². The maximum absolute atomic E-state index is 13.1. The molecule has 0 aromatic rings. The Hall–Kier alpha value is -1.94. The van der Waals surface area contributed by atoms with Gasteiger partial charge in [0.2, 0.25) is 0 Å². The van der Waals surface area contributed by atoms with Crippen LogP contribution >= 0.6 is 15.6 Å². The monoisotopic (exact) mass is 1470 g/mol. The molecule has 0 aromatic carbocycles. The van der Waals surface area contributed by atoms with Gasteiger partial charge in [0.1, 0.15) is 19.3 Å². The van der Waals surface area contributed by atoms with Crippen molar-refractivity contribution < 1.29 is 80.2 Å². The van der Waals surface area contributed by atoms with Gasteiger partial charge in [-0.25, -0.2) is 9.13 Å². The van der Waals surface area contributed by atoms with Gasteiger partial charge in [0.25, 0.3) is 0 Å². The predicted octanol–water partition coefficient (Wildman–Crippen LogP) is 24.3. The van der Waals surface area contributed by atoms with Gasteiger partial charge in [0.15, 0.2) is 12.2 Å². The first-order valence-electron chi connectivity index (χ1n) is 42.0. The van der Waals surface area contributed by atoms with E-state index in [1.165, 1.54) is 244 Å². The molecule has 3 N–H and O–H groups in total. The summed E-state index contributed by atoms with van der Waals surface area (Å²) in [4.78, 5) is 73.0. The van der Waals surface area contributed by atoms with E-state index in [0.29, 0.717) is 25.7 Å². The number of esters is 4. The van der Waals surface area contributed by atoms with Crippen molar-refractivity contribution in [3.8, 4) is 0 Å². The van der Waals surface area contributed by atoms with Crippen molar-refractivity contribution in [3.63, 3.8) is 0 Å². The number of phosphoric acid groups is 2. The molecule has 0 radical (unpaired) electrons. The average Bonchev–Trinajstić information content (AvgIpc) is 0.914. The normalized spacial score (nSPS) is 13.9. The molecule has 0 bridgehead atoms. The molecule has 0 aliphatic heterocycles. The summed E-state index contributed by atoms with van der Waals surface area (Å²) in [6.45, 7) is 9.57. The number of ether oxygens (including phenoxy) is 4. The summed E-state index contributed by atoms with van der Waals surface area (Å²) < 4.78 is 68.7. The van der Waals surface area contributed by atoms with Crippen LogP contribution < -0.4 is 0 Å². The zero-order valence-corrected chi connectivity index (χ0v) is 67.3. The van der Waals surface area contributed by atoms with Crippen molar-refractivity contribution in [3.05, 3.63) is 0 Å². The van der Waals surface area contributed by atoms with Gasteiger partial charge in [0, 0.05) is 25.7 Å². The molecule has 0 saturated carbocycles. The molecule has 100 heavy (non-hydrogen) atoms. The highest BCUT2D eigenvalue weighted by Gasteiger charge is 2.30. The fourth-order valence-electron chi connectivity index (χ4n) is 12.5. The van der Waals surface area contributed by atoms with Gasteiger partial charge in [-0.05, 0) is 37.5 Å². The lowest BCUT2D eigenvalue weighted by atomic mass is 10.0. The Balaban J connectivity index is 5.23. The number of rotatable bonds is 80. The van der Waals surface area contributed by atoms with Crippen molar-refractivity contribution in [1.82, 2.24) is 0 Å². The zero-order chi connectivity index (χ0) is 73.5. The van der Waals surface area contributed by atoms with E-state index in [1.807, 2.05) is 0 Å². The number of hydrogen-bond donors (Lipinski definition) is 3. The fourth-order valence-corrected chi connectivity index (χ4v) is 14.1. The number of carbonyl (C=O) groups excluding carboxylic acids is 4. The molecule has 0 aliphatic rings. The summed E-state index contributed by atoms with van der Waals surface area (Å²) in [7, 11) is -9.92. The zero-order valence-electron chi connectivity index (χ0n) is 65.5. The van der Waals surface area contributed by atoms with Crippen molar-refractivity contribution >= 4 is 39.5 Å². The molecule has 19 heteroatoms. The van der Waals surface area contributed by atoms with Crippen LogP contribution in [-0.2, 0) is 65.4 Å². The van der Waals surface area contributed by atoms with Crippen molar-refractivity contribution in [2.75, 3.05) is 39.6 Å². The largest absolute Gasteiger partial charge is 0.472 e. The Labute approximate surface area is 613 Å². The fraction of sp³-hybridized carbons (Fsp3) is 0.951. The number of aliphatic hydroxyl groups excluding tert-OH is 1. The van der Waals surface area contributed by atoms with Crippen LogP contribution in [0.15, 0.2) is 0 Å². The molecule has 0 spiro atoms. The summed E-state index contributed by atoms with van der Waals surface area (Å²) in [6.07, 6.45) is 62.6. The second kappa shape index (κ2) is 72.6. The minimum Gasteiger partial charge on any atom is -0.462 e. The SMILES string of the molecule is CCCCCCCCCCCCCCCCCCCCCC(=O)O[C@H](COC(=O)CCCCCCCCCCCCCCCCCCCC)COP(=O)(O)OC[C@@H](O)COP(=O)(O)OC[C@@H](COC(=O)CCCCCCCCCCC(C)C)OC(=O)CCCCCCCCCCCC(C)C. The lowest BCUT2D eigenvalue weighted by molar-refractivity contribution is -0.161. The van der Waals surface area contributed by atoms with E-state index < -0.39 is 97.5 Å². The van der Waals surface area contributed by atoms with E-state index in [2.05, 4.69) is 41.5 Å². The van der Waals surface area contributed by atoms with Gasteiger partial charge in [0.05, 0.1) is 26.4 Å². The van der Waals surface area contributed by atoms with Crippen LogP contribution in [-0.4, -0.2) is 96.7 Å². The molecular formula is C81H158O17P2. The summed E-state index contributed by atoms with van der Waals surface area (Å²) in [5.41, 5.74) is 0. The van der Waals surface area contributed by atoms with Crippen LogP contribution in [0.2, 0.25) is 0 Å². The Bertz CT molecular complexity index is 1920. The quantitative estimate of drug-likeness (QED) is 0.0222. The van der Waals surface area contributed by atoms with Gasteiger partial charge in [-0.15, -0.1) is 0 Å². The lowest BCUT2D eigenvalue weighted by Crippen LogP contribution is -2.30. The first-order chi connectivity index (χ1) is 48.4. The van der Waals surface area contributed by atoms with Crippen molar-refractivity contribution in [2.24, 2.45) is 11.8 Å². The minimum atomic E-state index is -4.96. The molecule has 594 valence electrons. The minimum absolute atomic E-state index is 0.105. The first kappa shape index (κ1) is 98.1. The molecule has 0 saturated heterocycles. The second-order valence-corrected chi connectivity index (χ2v) is 33.0. The number of unbranched alkanes of at least 4 members (excludes halogenated alkanes) is 50. The summed E-state index contributed by atoms with van der Waals surface area (Å²) in [5.74, 6) is -0.648. The Morgan fingerprint density at radius 1 is 0.270 bits per heavy atom. The van der Waals surface area contributed by atoms with E-state index in [-0.39, 0.29) is 25.7 Å². The summed E-state index contributed by atoms with van der Waals surface area (Å²) >= 11 is 0. The average molecular weight is 1470 g/mol. The van der Waals surface area contributed by atoms with Gasteiger partial charge in [-0.2, -0.15) is 0 Å². The third kappa shape index (κ3) is 74.3. The van der Waals surface area contributed by atoms with Gasteiger partial charge < -0.3 is 33.8 Å². The lowest BCUT2D eigenvalue weighted by Gasteiger charge is -2.21. The molecule has 0 rings (SSSR count). The van der Waals surface area contributed by atoms with E-state index >= 15 is 0 Å². The highest BCUT2D eigenvalue weighted by atomic mass is 31.2. The Morgan fingerprint density at radius 2 is 0.460 bits per heavy atom. The van der Waals surface area contributed by atoms with Gasteiger partial charge in [-0.3, -0.25) is 37.3 Å². The third-order valence-corrected chi connectivity index (χ3v) is 20.9. The number of aliphatic hydroxyl groups is 1. The summed E-state index contributed by atoms with van der Waals surface area (Å²) in [6, 6.07) is 0. The van der Waals surface area contributed by atoms with E-state index in [0.717, 1.165) is 102 Å². The molecule has 0 heterocycles. The molecule has 17 nitrogen and oxygen atoms in total. The van der Waals surface area contributed by atoms with E-state index in [1.54, 1.807) is 0 Å². The molecule has 2 unspecified atom stereocenters. The highest BCUT2D eigenvalue weighted by molar-refractivity contribution is 7.47. The number of phosphoric ester groups is 2. The summed E-state index contributed by atoms with van der Waals surface area (Å²) in [5, 5.41) is 10.6. The maximum atomic E-state index is 13.1. The maximum Gasteiger partial charge on any atom is 0.472 e. The molecule has 0 fully saturated rings. The third-order valence-electron chi connectivity index (χ3n) is 19.0. The van der Waals surface area contributed by atoms with Gasteiger partial charge >= 0.3 is 39.5 Å². The van der Waals surface area contributed by atoms with Crippen molar-refractivity contribution in [1.29, 1.82) is 0 Å². The van der Waals surface area contributed by atoms with Crippen LogP contribution in [0.1, 0.15) is 427 Å². The number of hydrogen-bond acceptors (Lipinski definition) is 15. The van der Waals surface area contributed by atoms with Crippen molar-refractivity contribution in [2.45, 2.75) is 445 Å². The van der Waals surface area contributed by atoms with Crippen LogP contribution in [0.5, 0.6) is 0 Å². The van der Waals surface area contributed by atoms with Crippen LogP contribution in [0.25, 0.3) is 0 Å². The Kier molecular flexibility index (Phi) is 71.2. The molecule has 0 amide bonds. The smallest absolute Gasteiger partial charge is 0.462 e.